The zero-order chi connectivity index (χ0) is 16.7. The van der Waals surface area contributed by atoms with Crippen LogP contribution in [0.5, 0.6) is 0 Å². The van der Waals surface area contributed by atoms with Crippen LogP contribution in [0.25, 0.3) is 10.8 Å². The van der Waals surface area contributed by atoms with Crippen LogP contribution in [0, 0.1) is 0 Å². The summed E-state index contributed by atoms with van der Waals surface area (Å²) in [5.41, 5.74) is -0.0518. The van der Waals surface area contributed by atoms with Crippen molar-refractivity contribution in [1.29, 1.82) is 0 Å². The van der Waals surface area contributed by atoms with Crippen LogP contribution in [-0.2, 0) is 4.79 Å². The minimum Gasteiger partial charge on any atom is -0.481 e. The Morgan fingerprint density at radius 3 is 2.70 bits per heavy atom. The first-order chi connectivity index (χ1) is 11.1. The van der Waals surface area contributed by atoms with E-state index in [1.54, 1.807) is 24.3 Å². The summed E-state index contributed by atoms with van der Waals surface area (Å²) >= 11 is 0. The number of H-pyrrole nitrogens is 1. The summed E-state index contributed by atoms with van der Waals surface area (Å²) in [6, 6.07) is 8.74. The number of aromatic amines is 1. The molecule has 0 spiro atoms. The Balaban J connectivity index is 1.82. The van der Waals surface area contributed by atoms with E-state index in [0.29, 0.717) is 23.4 Å². The number of pyridine rings is 1. The Morgan fingerprint density at radius 1 is 1.17 bits per heavy atom. The molecule has 1 heterocycles. The van der Waals surface area contributed by atoms with Crippen LogP contribution in [-0.4, -0.2) is 40.0 Å². The fourth-order valence-electron chi connectivity index (χ4n) is 1.88. The molecule has 0 bridgehead atoms. The summed E-state index contributed by atoms with van der Waals surface area (Å²) in [5, 5.41) is 12.5. The summed E-state index contributed by atoms with van der Waals surface area (Å²) in [6.45, 7) is 0.443. The summed E-state index contributed by atoms with van der Waals surface area (Å²) < 4.78 is 0. The summed E-state index contributed by atoms with van der Waals surface area (Å²) in [4.78, 5) is 36.9. The van der Waals surface area contributed by atoms with Crippen LogP contribution >= 0.6 is 21.6 Å². The van der Waals surface area contributed by atoms with E-state index >= 15 is 0 Å². The van der Waals surface area contributed by atoms with Crippen molar-refractivity contribution >= 4 is 44.2 Å². The molecule has 0 aliphatic heterocycles. The molecule has 0 aliphatic rings. The highest BCUT2D eigenvalue weighted by atomic mass is 33.1. The molecule has 6 nitrogen and oxygen atoms in total. The second-order valence-electron chi connectivity index (χ2n) is 4.64. The van der Waals surface area contributed by atoms with Gasteiger partial charge in [-0.15, -0.1) is 0 Å². The minimum atomic E-state index is -0.813. The largest absolute Gasteiger partial charge is 0.481 e. The number of rotatable bonds is 8. The summed E-state index contributed by atoms with van der Waals surface area (Å²) in [6.07, 6.45) is 0.127. The van der Waals surface area contributed by atoms with Gasteiger partial charge in [0.2, 0.25) is 0 Å². The Bertz CT molecular complexity index is 760. The molecule has 0 radical (unpaired) electrons. The number of aliphatic carboxylic acids is 1. The van der Waals surface area contributed by atoms with Crippen LogP contribution in [0.4, 0.5) is 0 Å². The lowest BCUT2D eigenvalue weighted by molar-refractivity contribution is -0.136. The molecular formula is C15H16N2O4S2. The van der Waals surface area contributed by atoms with E-state index in [-0.39, 0.29) is 23.6 Å². The Hall–Kier alpha value is -1.93. The van der Waals surface area contributed by atoms with Crippen molar-refractivity contribution in [3.8, 4) is 0 Å². The van der Waals surface area contributed by atoms with Gasteiger partial charge in [-0.2, -0.15) is 0 Å². The van der Waals surface area contributed by atoms with Crippen LogP contribution < -0.4 is 10.9 Å². The number of carbonyl (C=O) groups is 2. The molecule has 0 fully saturated rings. The van der Waals surface area contributed by atoms with Crippen LogP contribution in [0.1, 0.15) is 16.9 Å². The predicted octanol–water partition coefficient (Wildman–Crippen LogP) is 2.11. The van der Waals surface area contributed by atoms with Gasteiger partial charge in [0.25, 0.3) is 11.5 Å². The standard InChI is InChI=1S/C15H16N2O4S2/c18-13(19)5-7-22-23-8-6-16-15(21)12-9-10-3-1-2-4-11(10)14(20)17-12/h1-4,9H,5-8H2,(H,16,21)(H,17,20)(H,18,19). The molecule has 0 unspecified atom stereocenters. The monoisotopic (exact) mass is 352 g/mol. The van der Waals surface area contributed by atoms with E-state index < -0.39 is 5.97 Å². The van der Waals surface area contributed by atoms with Gasteiger partial charge >= 0.3 is 5.97 Å². The Kier molecular flexibility index (Phi) is 6.54. The molecule has 0 aliphatic carbocycles. The van der Waals surface area contributed by atoms with E-state index in [2.05, 4.69) is 10.3 Å². The molecule has 0 saturated carbocycles. The van der Waals surface area contributed by atoms with Gasteiger partial charge in [-0.3, -0.25) is 14.4 Å². The van der Waals surface area contributed by atoms with Gasteiger partial charge in [0.05, 0.1) is 6.42 Å². The fraction of sp³-hybridized carbons (Fsp3) is 0.267. The molecule has 122 valence electrons. The number of aromatic nitrogens is 1. The summed E-state index contributed by atoms with van der Waals surface area (Å²) in [7, 11) is 2.96. The molecule has 8 heteroatoms. The number of carbonyl (C=O) groups excluding carboxylic acids is 1. The van der Waals surface area contributed by atoms with Crippen LogP contribution in [0.2, 0.25) is 0 Å². The number of fused-ring (bicyclic) bond motifs is 1. The third-order valence-electron chi connectivity index (χ3n) is 2.95. The highest BCUT2D eigenvalue weighted by Gasteiger charge is 2.08. The van der Waals surface area contributed by atoms with Gasteiger partial charge in [0.15, 0.2) is 0 Å². The van der Waals surface area contributed by atoms with Crippen LogP contribution in [0.15, 0.2) is 35.1 Å². The van der Waals surface area contributed by atoms with E-state index in [1.165, 1.54) is 21.6 Å². The SMILES string of the molecule is O=C(O)CCSSCCNC(=O)c1cc2ccccc2c(=O)[nH]1. The van der Waals surface area contributed by atoms with Gasteiger partial charge in [-0.1, -0.05) is 39.8 Å². The van der Waals surface area contributed by atoms with Crippen molar-refractivity contribution in [1.82, 2.24) is 10.3 Å². The molecule has 2 rings (SSSR count). The lowest BCUT2D eigenvalue weighted by Gasteiger charge is -2.06. The van der Waals surface area contributed by atoms with Crippen molar-refractivity contribution in [2.75, 3.05) is 18.1 Å². The number of hydrogen-bond donors (Lipinski definition) is 3. The molecule has 0 atom stereocenters. The van der Waals surface area contributed by atoms with E-state index in [1.807, 2.05) is 6.07 Å². The molecule has 1 amide bonds. The zero-order valence-corrected chi connectivity index (χ0v) is 13.8. The lowest BCUT2D eigenvalue weighted by Crippen LogP contribution is -2.28. The van der Waals surface area contributed by atoms with Crippen molar-refractivity contribution < 1.29 is 14.7 Å². The van der Waals surface area contributed by atoms with Crippen molar-refractivity contribution in [2.45, 2.75) is 6.42 Å². The Labute approximate surface area is 140 Å². The van der Waals surface area contributed by atoms with Gasteiger partial charge < -0.3 is 15.4 Å². The molecule has 23 heavy (non-hydrogen) atoms. The van der Waals surface area contributed by atoms with Crippen molar-refractivity contribution in [3.05, 3.63) is 46.4 Å². The van der Waals surface area contributed by atoms with Crippen molar-refractivity contribution in [2.24, 2.45) is 0 Å². The fourth-order valence-corrected chi connectivity index (χ4v) is 3.77. The number of hydrogen-bond acceptors (Lipinski definition) is 5. The number of amides is 1. The van der Waals surface area contributed by atoms with E-state index in [4.69, 9.17) is 5.11 Å². The predicted molar refractivity (Wildman–Crippen MR) is 94.1 cm³/mol. The van der Waals surface area contributed by atoms with Crippen molar-refractivity contribution in [3.63, 3.8) is 0 Å². The zero-order valence-electron chi connectivity index (χ0n) is 12.2. The average molecular weight is 352 g/mol. The normalized spacial score (nSPS) is 10.6. The lowest BCUT2D eigenvalue weighted by atomic mass is 10.1. The first-order valence-electron chi connectivity index (χ1n) is 6.94. The molecule has 3 N–H and O–H groups in total. The molecule has 0 saturated heterocycles. The maximum Gasteiger partial charge on any atom is 0.304 e. The third kappa shape index (κ3) is 5.33. The minimum absolute atomic E-state index is 0.127. The number of nitrogens with one attached hydrogen (secondary N) is 2. The first-order valence-corrected chi connectivity index (χ1v) is 9.43. The smallest absolute Gasteiger partial charge is 0.304 e. The van der Waals surface area contributed by atoms with E-state index in [9.17, 15) is 14.4 Å². The van der Waals surface area contributed by atoms with Gasteiger partial charge in [0.1, 0.15) is 5.69 Å². The molecule has 2 aromatic rings. The summed E-state index contributed by atoms with van der Waals surface area (Å²) in [5.74, 6) is 0.0513. The molecule has 1 aromatic carbocycles. The third-order valence-corrected chi connectivity index (χ3v) is 5.36. The maximum absolute atomic E-state index is 12.0. The van der Waals surface area contributed by atoms with Gasteiger partial charge in [0, 0.05) is 23.4 Å². The molecular weight excluding hydrogens is 336 g/mol. The quantitative estimate of drug-likeness (QED) is 0.497. The average Bonchev–Trinajstić information content (AvgIpc) is 2.53. The first kappa shape index (κ1) is 17.4. The topological polar surface area (TPSA) is 99.3 Å². The number of carboxylic acids is 1. The highest BCUT2D eigenvalue weighted by Crippen LogP contribution is 2.21. The second-order valence-corrected chi connectivity index (χ2v) is 7.35. The van der Waals surface area contributed by atoms with E-state index in [0.717, 1.165) is 5.39 Å². The van der Waals surface area contributed by atoms with Gasteiger partial charge in [-0.05, 0) is 17.5 Å². The molecule has 1 aromatic heterocycles. The number of benzene rings is 1. The van der Waals surface area contributed by atoms with Crippen LogP contribution in [0.3, 0.4) is 0 Å². The second kappa shape index (κ2) is 8.64. The highest BCUT2D eigenvalue weighted by molar-refractivity contribution is 8.76. The maximum atomic E-state index is 12.0. The number of carboxylic acid groups (broad SMARTS) is 1. The Morgan fingerprint density at radius 2 is 1.91 bits per heavy atom. The van der Waals surface area contributed by atoms with Gasteiger partial charge in [-0.25, -0.2) is 0 Å².